The van der Waals surface area contributed by atoms with E-state index in [1.807, 2.05) is 24.3 Å². The van der Waals surface area contributed by atoms with Crippen LogP contribution in [0, 0.1) is 0 Å². The molecule has 0 atom stereocenters. The zero-order valence-electron chi connectivity index (χ0n) is 10.1. The van der Waals surface area contributed by atoms with Crippen LogP contribution >= 0.6 is 22.9 Å². The van der Waals surface area contributed by atoms with Crippen molar-refractivity contribution in [2.75, 3.05) is 0 Å². The van der Waals surface area contributed by atoms with Crippen LogP contribution in [-0.4, -0.2) is 9.97 Å². The molecule has 0 aliphatic heterocycles. The zero-order valence-corrected chi connectivity index (χ0v) is 11.7. The van der Waals surface area contributed by atoms with Crippen molar-refractivity contribution < 1.29 is 0 Å². The molecule has 19 heavy (non-hydrogen) atoms. The Morgan fingerprint density at radius 3 is 2.53 bits per heavy atom. The maximum absolute atomic E-state index is 6.18. The van der Waals surface area contributed by atoms with Crippen molar-refractivity contribution in [3.05, 3.63) is 70.3 Å². The molecule has 2 nitrogen and oxygen atoms in total. The molecule has 2 heterocycles. The van der Waals surface area contributed by atoms with Gasteiger partial charge in [-0.3, -0.25) is 0 Å². The molecule has 3 rings (SSSR count). The molecule has 4 heteroatoms. The quantitative estimate of drug-likeness (QED) is 0.711. The molecule has 94 valence electrons. The molecule has 0 aliphatic rings. The van der Waals surface area contributed by atoms with Gasteiger partial charge < -0.3 is 0 Å². The highest BCUT2D eigenvalue weighted by Gasteiger charge is 2.07. The SMILES string of the molecule is Clc1ccccc1Cc1ccc(-c2ncccn2)s1. The fraction of sp³-hybridized carbons (Fsp3) is 0.0667. The Balaban J connectivity index is 1.85. The Labute approximate surface area is 120 Å². The molecular formula is C15H11ClN2S. The maximum atomic E-state index is 6.18. The lowest BCUT2D eigenvalue weighted by Crippen LogP contribution is -1.85. The number of hydrogen-bond acceptors (Lipinski definition) is 3. The maximum Gasteiger partial charge on any atom is 0.169 e. The fourth-order valence-electron chi connectivity index (χ4n) is 1.85. The number of halogens is 1. The minimum atomic E-state index is 0.776. The van der Waals surface area contributed by atoms with E-state index >= 15 is 0 Å². The summed E-state index contributed by atoms with van der Waals surface area (Å²) in [6.07, 6.45) is 4.36. The lowest BCUT2D eigenvalue weighted by Gasteiger charge is -2.01. The molecule has 0 aliphatic carbocycles. The summed E-state index contributed by atoms with van der Waals surface area (Å²) < 4.78 is 0. The molecule has 0 spiro atoms. The average molecular weight is 287 g/mol. The summed E-state index contributed by atoms with van der Waals surface area (Å²) in [6, 6.07) is 13.9. The number of hydrogen-bond donors (Lipinski definition) is 0. The Bertz CT molecular complexity index is 679. The molecule has 3 aromatic rings. The van der Waals surface area contributed by atoms with Gasteiger partial charge in [0.2, 0.25) is 0 Å². The van der Waals surface area contributed by atoms with E-state index in [2.05, 4.69) is 28.2 Å². The van der Waals surface area contributed by atoms with E-state index in [0.717, 1.165) is 27.7 Å². The van der Waals surface area contributed by atoms with Crippen LogP contribution in [0.3, 0.4) is 0 Å². The molecule has 0 fully saturated rings. The summed E-state index contributed by atoms with van der Waals surface area (Å²) in [5.74, 6) is 0.776. The molecule has 0 radical (unpaired) electrons. The van der Waals surface area contributed by atoms with E-state index in [9.17, 15) is 0 Å². The Morgan fingerprint density at radius 1 is 0.947 bits per heavy atom. The topological polar surface area (TPSA) is 25.8 Å². The van der Waals surface area contributed by atoms with Gasteiger partial charge in [0, 0.05) is 28.7 Å². The summed E-state index contributed by atoms with van der Waals surface area (Å²) in [7, 11) is 0. The molecule has 0 saturated heterocycles. The highest BCUT2D eigenvalue weighted by molar-refractivity contribution is 7.15. The molecule has 0 amide bonds. The minimum absolute atomic E-state index is 0.776. The molecule has 1 aromatic carbocycles. The van der Waals surface area contributed by atoms with E-state index < -0.39 is 0 Å². The van der Waals surface area contributed by atoms with Crippen molar-refractivity contribution in [3.63, 3.8) is 0 Å². The van der Waals surface area contributed by atoms with Gasteiger partial charge in [0.25, 0.3) is 0 Å². The van der Waals surface area contributed by atoms with Gasteiger partial charge in [-0.1, -0.05) is 29.8 Å². The van der Waals surface area contributed by atoms with Gasteiger partial charge in [-0.05, 0) is 29.8 Å². The van der Waals surface area contributed by atoms with Crippen LogP contribution in [0.1, 0.15) is 10.4 Å². The predicted molar refractivity (Wildman–Crippen MR) is 79.6 cm³/mol. The number of thiophene rings is 1. The monoisotopic (exact) mass is 286 g/mol. The largest absolute Gasteiger partial charge is 0.236 e. The standard InChI is InChI=1S/C15H11ClN2S/c16-13-5-2-1-4-11(13)10-12-6-7-14(19-12)15-17-8-3-9-18-15/h1-9H,10H2. The second-order valence-electron chi connectivity index (χ2n) is 4.11. The van der Waals surface area contributed by atoms with Gasteiger partial charge in [-0.2, -0.15) is 0 Å². The van der Waals surface area contributed by atoms with E-state index in [0.29, 0.717) is 0 Å². The summed E-state index contributed by atoms with van der Waals surface area (Å²) in [4.78, 5) is 10.9. The summed E-state index contributed by atoms with van der Waals surface area (Å²) in [5.41, 5.74) is 1.14. The van der Waals surface area contributed by atoms with E-state index in [1.165, 1.54) is 4.88 Å². The predicted octanol–water partition coefficient (Wildman–Crippen LogP) is 4.45. The summed E-state index contributed by atoms with van der Waals surface area (Å²) >= 11 is 7.88. The third kappa shape index (κ3) is 2.83. The van der Waals surface area contributed by atoms with Crippen LogP contribution in [0.25, 0.3) is 10.7 Å². The van der Waals surface area contributed by atoms with Crippen LogP contribution in [0.4, 0.5) is 0 Å². The van der Waals surface area contributed by atoms with Crippen molar-refractivity contribution in [1.29, 1.82) is 0 Å². The molecule has 0 unspecified atom stereocenters. The Morgan fingerprint density at radius 2 is 1.74 bits per heavy atom. The van der Waals surface area contributed by atoms with Gasteiger partial charge in [0.05, 0.1) is 4.88 Å². The third-order valence-corrected chi connectivity index (χ3v) is 4.22. The molecule has 0 saturated carbocycles. The highest BCUT2D eigenvalue weighted by atomic mass is 35.5. The van der Waals surface area contributed by atoms with Crippen LogP contribution in [0.15, 0.2) is 54.9 Å². The summed E-state index contributed by atoms with van der Waals surface area (Å²) in [6.45, 7) is 0. The van der Waals surface area contributed by atoms with Gasteiger partial charge >= 0.3 is 0 Å². The molecule has 2 aromatic heterocycles. The van der Waals surface area contributed by atoms with E-state index in [4.69, 9.17) is 11.6 Å². The second-order valence-corrected chi connectivity index (χ2v) is 5.68. The van der Waals surface area contributed by atoms with Crippen LogP contribution in [0.2, 0.25) is 5.02 Å². The van der Waals surface area contributed by atoms with Crippen molar-refractivity contribution in [3.8, 4) is 10.7 Å². The first kappa shape index (κ1) is 12.3. The van der Waals surface area contributed by atoms with Crippen molar-refractivity contribution in [2.24, 2.45) is 0 Å². The smallest absolute Gasteiger partial charge is 0.169 e. The van der Waals surface area contributed by atoms with Gasteiger partial charge in [0.15, 0.2) is 5.82 Å². The lowest BCUT2D eigenvalue weighted by atomic mass is 10.1. The number of rotatable bonds is 3. The fourth-order valence-corrected chi connectivity index (χ4v) is 3.03. The molecular weight excluding hydrogens is 276 g/mol. The van der Waals surface area contributed by atoms with Crippen molar-refractivity contribution in [1.82, 2.24) is 9.97 Å². The summed E-state index contributed by atoms with van der Waals surface area (Å²) in [5, 5.41) is 0.813. The zero-order chi connectivity index (χ0) is 13.1. The Kier molecular flexibility index (Phi) is 3.58. The number of benzene rings is 1. The van der Waals surface area contributed by atoms with E-state index in [1.54, 1.807) is 23.7 Å². The van der Waals surface area contributed by atoms with Crippen LogP contribution < -0.4 is 0 Å². The normalized spacial score (nSPS) is 10.6. The van der Waals surface area contributed by atoms with Gasteiger partial charge in [-0.15, -0.1) is 11.3 Å². The number of nitrogens with zero attached hydrogens (tertiary/aromatic N) is 2. The first-order chi connectivity index (χ1) is 9.33. The molecule has 0 N–H and O–H groups in total. The third-order valence-electron chi connectivity index (χ3n) is 2.77. The molecule has 0 bridgehead atoms. The first-order valence-electron chi connectivity index (χ1n) is 5.92. The van der Waals surface area contributed by atoms with Gasteiger partial charge in [-0.25, -0.2) is 9.97 Å². The number of aromatic nitrogens is 2. The first-order valence-corrected chi connectivity index (χ1v) is 7.12. The van der Waals surface area contributed by atoms with Crippen LogP contribution in [-0.2, 0) is 6.42 Å². The minimum Gasteiger partial charge on any atom is -0.236 e. The highest BCUT2D eigenvalue weighted by Crippen LogP contribution is 2.28. The van der Waals surface area contributed by atoms with Crippen molar-refractivity contribution >= 4 is 22.9 Å². The van der Waals surface area contributed by atoms with Gasteiger partial charge in [0.1, 0.15) is 0 Å². The lowest BCUT2D eigenvalue weighted by molar-refractivity contribution is 1.19. The van der Waals surface area contributed by atoms with Crippen LogP contribution in [0.5, 0.6) is 0 Å². The Hall–Kier alpha value is -1.71. The van der Waals surface area contributed by atoms with E-state index in [-0.39, 0.29) is 0 Å². The van der Waals surface area contributed by atoms with Crippen molar-refractivity contribution in [2.45, 2.75) is 6.42 Å². The second kappa shape index (κ2) is 5.51. The average Bonchev–Trinajstić information content (AvgIpc) is 2.91.